The van der Waals surface area contributed by atoms with Crippen molar-refractivity contribution >= 4 is 62.1 Å². The van der Waals surface area contributed by atoms with E-state index in [1.54, 1.807) is 0 Å². The predicted octanol–water partition coefficient (Wildman–Crippen LogP) is 3.89. The number of nitrogens with zero attached hydrogens (tertiary/aromatic N) is 2. The van der Waals surface area contributed by atoms with Gasteiger partial charge < -0.3 is 0 Å². The lowest BCUT2D eigenvalue weighted by Gasteiger charge is -2.10. The minimum absolute atomic E-state index is 0.0945. The third-order valence-corrected chi connectivity index (χ3v) is 4.85. The van der Waals surface area contributed by atoms with Crippen LogP contribution in [-0.2, 0) is 10.0 Å². The first-order valence-corrected chi connectivity index (χ1v) is 7.94. The van der Waals surface area contributed by atoms with Crippen molar-refractivity contribution in [1.82, 2.24) is 9.97 Å². The van der Waals surface area contributed by atoms with Crippen molar-refractivity contribution in [2.45, 2.75) is 4.90 Å². The van der Waals surface area contributed by atoms with Gasteiger partial charge in [0.1, 0.15) is 12.0 Å². The van der Waals surface area contributed by atoms with E-state index in [2.05, 4.69) is 14.7 Å². The van der Waals surface area contributed by atoms with Gasteiger partial charge in [-0.25, -0.2) is 18.4 Å². The molecule has 2 rings (SSSR count). The second-order valence-electron chi connectivity index (χ2n) is 3.51. The fraction of sp³-hybridized carbons (Fsp3) is 0. The summed E-state index contributed by atoms with van der Waals surface area (Å²) in [6.07, 6.45) is 1.11. The van der Waals surface area contributed by atoms with Crippen LogP contribution in [0.5, 0.6) is 0 Å². The Bertz CT molecular complexity index is 747. The molecule has 1 N–H and O–H groups in total. The van der Waals surface area contributed by atoms with Gasteiger partial charge in [0.15, 0.2) is 10.3 Å². The lowest BCUT2D eigenvalue weighted by atomic mass is 10.4. The van der Waals surface area contributed by atoms with Crippen LogP contribution in [0, 0.1) is 0 Å². The molecule has 0 amide bonds. The Morgan fingerprint density at radius 2 is 1.55 bits per heavy atom. The minimum Gasteiger partial charge on any atom is -0.274 e. The third kappa shape index (κ3) is 3.27. The number of halogens is 4. The molecular weight excluding hydrogens is 368 g/mol. The van der Waals surface area contributed by atoms with Gasteiger partial charge in [0.05, 0.1) is 14.9 Å². The second-order valence-corrected chi connectivity index (χ2v) is 6.72. The molecule has 20 heavy (non-hydrogen) atoms. The van der Waals surface area contributed by atoms with Gasteiger partial charge >= 0.3 is 0 Å². The van der Waals surface area contributed by atoms with Gasteiger partial charge in [-0.3, -0.25) is 4.72 Å². The molecule has 0 radical (unpaired) electrons. The van der Waals surface area contributed by atoms with Gasteiger partial charge in [-0.1, -0.05) is 46.4 Å². The van der Waals surface area contributed by atoms with E-state index in [1.165, 1.54) is 18.2 Å². The van der Waals surface area contributed by atoms with E-state index in [9.17, 15) is 8.42 Å². The molecule has 1 heterocycles. The van der Waals surface area contributed by atoms with Crippen LogP contribution in [0.4, 0.5) is 5.69 Å². The molecule has 0 bridgehead atoms. The van der Waals surface area contributed by atoms with Gasteiger partial charge in [-0.2, -0.15) is 0 Å². The lowest BCUT2D eigenvalue weighted by Crippen LogP contribution is -2.14. The van der Waals surface area contributed by atoms with Gasteiger partial charge in [0.2, 0.25) is 0 Å². The van der Waals surface area contributed by atoms with E-state index in [0.717, 1.165) is 6.33 Å². The molecule has 1 aromatic carbocycles. The Kier molecular flexibility index (Phi) is 4.61. The first-order chi connectivity index (χ1) is 9.31. The zero-order valence-electron chi connectivity index (χ0n) is 9.44. The van der Waals surface area contributed by atoms with Crippen molar-refractivity contribution in [3.63, 3.8) is 0 Å². The third-order valence-electron chi connectivity index (χ3n) is 2.19. The van der Waals surface area contributed by atoms with Crippen LogP contribution in [0.1, 0.15) is 0 Å². The number of hydrogen-bond donors (Lipinski definition) is 1. The Morgan fingerprint density at radius 3 is 2.10 bits per heavy atom. The molecule has 0 aliphatic carbocycles. The molecule has 0 saturated heterocycles. The smallest absolute Gasteiger partial charge is 0.262 e. The van der Waals surface area contributed by atoms with E-state index in [4.69, 9.17) is 46.4 Å². The average Bonchev–Trinajstić information content (AvgIpc) is 2.37. The summed E-state index contributed by atoms with van der Waals surface area (Å²) < 4.78 is 26.6. The molecular formula is C10H5Cl4N3O2S. The Hall–Kier alpha value is -0.790. The SMILES string of the molecule is O=S(=O)(Nc1c(Cl)ncnc1Cl)c1ccc(Cl)c(Cl)c1. The second kappa shape index (κ2) is 5.91. The standard InChI is InChI=1S/C10H5Cl4N3O2S/c11-6-2-1-5(3-7(6)12)20(18,19)17-8-9(13)15-4-16-10(8)14/h1-4,17H. The van der Waals surface area contributed by atoms with Crippen LogP contribution in [0.15, 0.2) is 29.4 Å². The molecule has 10 heteroatoms. The van der Waals surface area contributed by atoms with Crippen molar-refractivity contribution in [2.75, 3.05) is 4.72 Å². The highest BCUT2D eigenvalue weighted by Gasteiger charge is 2.19. The van der Waals surface area contributed by atoms with Crippen LogP contribution in [-0.4, -0.2) is 18.4 Å². The van der Waals surface area contributed by atoms with Crippen LogP contribution in [0.2, 0.25) is 20.4 Å². The minimum atomic E-state index is -3.94. The molecule has 0 aliphatic rings. The molecule has 0 saturated carbocycles. The number of hydrogen-bond acceptors (Lipinski definition) is 4. The Labute approximate surface area is 134 Å². The summed E-state index contributed by atoms with van der Waals surface area (Å²) >= 11 is 23.1. The first kappa shape index (κ1) is 15.6. The fourth-order valence-electron chi connectivity index (χ4n) is 1.27. The normalized spacial score (nSPS) is 11.4. The van der Waals surface area contributed by atoms with E-state index in [1.807, 2.05) is 0 Å². The monoisotopic (exact) mass is 371 g/mol. The highest BCUT2D eigenvalue weighted by Crippen LogP contribution is 2.30. The first-order valence-electron chi connectivity index (χ1n) is 4.95. The maximum Gasteiger partial charge on any atom is 0.262 e. The molecule has 0 fully saturated rings. The van der Waals surface area contributed by atoms with Crippen LogP contribution >= 0.6 is 46.4 Å². The van der Waals surface area contributed by atoms with Crippen molar-refractivity contribution in [1.29, 1.82) is 0 Å². The molecule has 5 nitrogen and oxygen atoms in total. The maximum atomic E-state index is 12.2. The van der Waals surface area contributed by atoms with Crippen LogP contribution in [0.25, 0.3) is 0 Å². The summed E-state index contributed by atoms with van der Waals surface area (Å²) in [7, 11) is -3.94. The summed E-state index contributed by atoms with van der Waals surface area (Å²) in [4.78, 5) is 7.20. The summed E-state index contributed by atoms with van der Waals surface area (Å²) in [5.41, 5.74) is -0.109. The van der Waals surface area contributed by atoms with Crippen molar-refractivity contribution < 1.29 is 8.42 Å². The highest BCUT2D eigenvalue weighted by molar-refractivity contribution is 7.92. The van der Waals surface area contributed by atoms with E-state index < -0.39 is 10.0 Å². The van der Waals surface area contributed by atoms with Crippen molar-refractivity contribution in [2.24, 2.45) is 0 Å². The van der Waals surface area contributed by atoms with Gasteiger partial charge in [-0.15, -0.1) is 0 Å². The molecule has 0 aliphatic heterocycles. The maximum absolute atomic E-state index is 12.2. The van der Waals surface area contributed by atoms with Crippen LogP contribution < -0.4 is 4.72 Å². The summed E-state index contributed by atoms with van der Waals surface area (Å²) in [5, 5.41) is 0.114. The van der Waals surface area contributed by atoms with Gasteiger partial charge in [-0.05, 0) is 18.2 Å². The Morgan fingerprint density at radius 1 is 0.950 bits per heavy atom. The van der Waals surface area contributed by atoms with Crippen molar-refractivity contribution in [3.8, 4) is 0 Å². The zero-order valence-corrected chi connectivity index (χ0v) is 13.3. The summed E-state index contributed by atoms with van der Waals surface area (Å²) in [6, 6.07) is 3.86. The highest BCUT2D eigenvalue weighted by atomic mass is 35.5. The fourth-order valence-corrected chi connectivity index (χ4v) is 3.25. The Balaban J connectivity index is 2.43. The lowest BCUT2D eigenvalue weighted by molar-refractivity contribution is 0.601. The molecule has 106 valence electrons. The molecule has 0 atom stereocenters. The molecule has 1 aromatic heterocycles. The topological polar surface area (TPSA) is 72.0 Å². The molecule has 0 spiro atoms. The molecule has 0 unspecified atom stereocenters. The van der Waals surface area contributed by atoms with Crippen molar-refractivity contribution in [3.05, 3.63) is 44.9 Å². The average molecular weight is 373 g/mol. The predicted molar refractivity (Wildman–Crippen MR) is 79.3 cm³/mol. The van der Waals surface area contributed by atoms with E-state index in [0.29, 0.717) is 0 Å². The number of anilines is 1. The summed E-state index contributed by atoms with van der Waals surface area (Å²) in [5.74, 6) is 0. The quantitative estimate of drug-likeness (QED) is 0.829. The van der Waals surface area contributed by atoms with Crippen LogP contribution in [0.3, 0.4) is 0 Å². The van der Waals surface area contributed by atoms with E-state index >= 15 is 0 Å². The largest absolute Gasteiger partial charge is 0.274 e. The number of rotatable bonds is 3. The number of aromatic nitrogens is 2. The van der Waals surface area contributed by atoms with Gasteiger partial charge in [0, 0.05) is 0 Å². The van der Waals surface area contributed by atoms with Gasteiger partial charge in [0.25, 0.3) is 10.0 Å². The summed E-state index contributed by atoms with van der Waals surface area (Å²) in [6.45, 7) is 0. The number of nitrogens with one attached hydrogen (secondary N) is 1. The number of benzene rings is 1. The number of sulfonamides is 1. The zero-order chi connectivity index (χ0) is 14.9. The molecule has 2 aromatic rings. The van der Waals surface area contributed by atoms with E-state index in [-0.39, 0.29) is 30.9 Å².